The van der Waals surface area contributed by atoms with Gasteiger partial charge in [0.2, 0.25) is 5.91 Å². The molecule has 0 spiro atoms. The number of carbonyl (C=O) groups excluding carboxylic acids is 1. The first kappa shape index (κ1) is 19.9. The lowest BCUT2D eigenvalue weighted by Crippen LogP contribution is -2.48. The lowest BCUT2D eigenvalue weighted by molar-refractivity contribution is -0.121. The number of nitrogens with zero attached hydrogens (tertiary/aromatic N) is 2. The number of para-hydroxylation sites is 2. The molecule has 0 bridgehead atoms. The van der Waals surface area contributed by atoms with E-state index in [2.05, 4.69) is 10.3 Å². The SMILES string of the molecule is CCOc1cccc(C[C@H](NC(=O)CCn2cnc3ccccc32)B(O)O)c1. The number of aryl methyl sites for hydroxylation is 1. The van der Waals surface area contributed by atoms with Crippen LogP contribution < -0.4 is 10.1 Å². The second-order valence-corrected chi connectivity index (χ2v) is 6.55. The Hall–Kier alpha value is -2.84. The first-order chi connectivity index (χ1) is 13.6. The minimum atomic E-state index is -1.66. The number of aromatic nitrogens is 2. The number of benzene rings is 2. The number of hydrogen-bond acceptors (Lipinski definition) is 5. The van der Waals surface area contributed by atoms with Gasteiger partial charge in [0.25, 0.3) is 0 Å². The number of amides is 1. The zero-order valence-corrected chi connectivity index (χ0v) is 15.8. The zero-order chi connectivity index (χ0) is 19.9. The molecule has 28 heavy (non-hydrogen) atoms. The van der Waals surface area contributed by atoms with Gasteiger partial charge in [-0.1, -0.05) is 24.3 Å². The van der Waals surface area contributed by atoms with Crippen LogP contribution >= 0.6 is 0 Å². The molecule has 0 radical (unpaired) electrons. The van der Waals surface area contributed by atoms with E-state index in [1.54, 1.807) is 6.33 Å². The summed E-state index contributed by atoms with van der Waals surface area (Å²) in [5.41, 5.74) is 2.69. The fourth-order valence-electron chi connectivity index (χ4n) is 3.10. The molecule has 0 aliphatic carbocycles. The summed E-state index contributed by atoms with van der Waals surface area (Å²) in [6.45, 7) is 2.91. The van der Waals surface area contributed by atoms with Crippen molar-refractivity contribution in [2.75, 3.05) is 6.61 Å². The molecule has 3 N–H and O–H groups in total. The first-order valence-electron chi connectivity index (χ1n) is 9.34. The Morgan fingerprint density at radius 3 is 2.86 bits per heavy atom. The van der Waals surface area contributed by atoms with E-state index in [1.807, 2.05) is 60.0 Å². The topological polar surface area (TPSA) is 96.6 Å². The second-order valence-electron chi connectivity index (χ2n) is 6.55. The van der Waals surface area contributed by atoms with Gasteiger partial charge in [-0.15, -0.1) is 0 Å². The number of hydrogen-bond donors (Lipinski definition) is 3. The van der Waals surface area contributed by atoms with Gasteiger partial charge in [0.15, 0.2) is 0 Å². The maximum absolute atomic E-state index is 12.4. The van der Waals surface area contributed by atoms with E-state index >= 15 is 0 Å². The van der Waals surface area contributed by atoms with Crippen molar-refractivity contribution in [3.8, 4) is 5.75 Å². The second kappa shape index (κ2) is 9.39. The monoisotopic (exact) mass is 381 g/mol. The number of rotatable bonds is 9. The molecule has 0 fully saturated rings. The number of nitrogens with one attached hydrogen (secondary N) is 1. The predicted molar refractivity (Wildman–Crippen MR) is 108 cm³/mol. The van der Waals surface area contributed by atoms with Crippen molar-refractivity contribution < 1.29 is 19.6 Å². The Balaban J connectivity index is 1.59. The van der Waals surface area contributed by atoms with Crippen LogP contribution in [0.1, 0.15) is 18.9 Å². The quantitative estimate of drug-likeness (QED) is 0.489. The van der Waals surface area contributed by atoms with Crippen LogP contribution in [-0.4, -0.2) is 45.2 Å². The molecule has 1 heterocycles. The smallest absolute Gasteiger partial charge is 0.475 e. The van der Waals surface area contributed by atoms with E-state index < -0.39 is 13.1 Å². The van der Waals surface area contributed by atoms with E-state index in [0.717, 1.165) is 16.6 Å². The van der Waals surface area contributed by atoms with Gasteiger partial charge in [0, 0.05) is 13.0 Å². The lowest BCUT2D eigenvalue weighted by atomic mass is 9.76. The van der Waals surface area contributed by atoms with Crippen molar-refractivity contribution in [2.45, 2.75) is 32.3 Å². The number of imidazole rings is 1. The molecular weight excluding hydrogens is 357 g/mol. The standard InChI is InChI=1S/C20H24BN3O4/c1-2-28-16-7-5-6-15(12-16)13-19(21(26)27)23-20(25)10-11-24-14-22-17-8-3-4-9-18(17)24/h3-9,12,14,19,26-27H,2,10-11,13H2,1H3,(H,23,25)/t19-/m0/s1. The highest BCUT2D eigenvalue weighted by Crippen LogP contribution is 2.15. The Kier molecular flexibility index (Phi) is 6.68. The summed E-state index contributed by atoms with van der Waals surface area (Å²) >= 11 is 0. The average Bonchev–Trinajstić information content (AvgIpc) is 3.09. The number of carbonyl (C=O) groups is 1. The molecule has 2 aromatic carbocycles. The largest absolute Gasteiger partial charge is 0.494 e. The fourth-order valence-corrected chi connectivity index (χ4v) is 3.10. The summed E-state index contributed by atoms with van der Waals surface area (Å²) < 4.78 is 7.37. The molecule has 1 atom stereocenters. The van der Waals surface area contributed by atoms with E-state index in [0.29, 0.717) is 25.3 Å². The van der Waals surface area contributed by atoms with Crippen LogP contribution in [0.4, 0.5) is 0 Å². The summed E-state index contributed by atoms with van der Waals surface area (Å²) in [5.74, 6) is -0.342. The van der Waals surface area contributed by atoms with Crippen LogP contribution in [0, 0.1) is 0 Å². The molecule has 0 saturated heterocycles. The molecule has 0 saturated carbocycles. The predicted octanol–water partition coefficient (Wildman–Crippen LogP) is 1.56. The van der Waals surface area contributed by atoms with Crippen molar-refractivity contribution in [3.63, 3.8) is 0 Å². The Morgan fingerprint density at radius 2 is 2.07 bits per heavy atom. The van der Waals surface area contributed by atoms with E-state index in [4.69, 9.17) is 4.74 Å². The van der Waals surface area contributed by atoms with Crippen LogP contribution in [-0.2, 0) is 17.8 Å². The van der Waals surface area contributed by atoms with Gasteiger partial charge in [-0.05, 0) is 43.2 Å². The van der Waals surface area contributed by atoms with Gasteiger partial charge < -0.3 is 24.7 Å². The van der Waals surface area contributed by atoms with Crippen molar-refractivity contribution >= 4 is 24.1 Å². The minimum absolute atomic E-state index is 0.211. The highest BCUT2D eigenvalue weighted by atomic mass is 16.5. The van der Waals surface area contributed by atoms with Crippen molar-refractivity contribution in [2.24, 2.45) is 0 Å². The summed E-state index contributed by atoms with van der Waals surface area (Å²) in [4.78, 5) is 16.7. The molecule has 0 aliphatic rings. The lowest BCUT2D eigenvalue weighted by Gasteiger charge is -2.18. The van der Waals surface area contributed by atoms with Crippen LogP contribution in [0.15, 0.2) is 54.9 Å². The normalized spacial score (nSPS) is 12.0. The summed E-state index contributed by atoms with van der Waals surface area (Å²) in [7, 11) is -1.66. The fraction of sp³-hybridized carbons (Fsp3) is 0.300. The van der Waals surface area contributed by atoms with Crippen LogP contribution in [0.2, 0.25) is 0 Å². The van der Waals surface area contributed by atoms with Crippen LogP contribution in [0.25, 0.3) is 11.0 Å². The maximum Gasteiger partial charge on any atom is 0.475 e. The highest BCUT2D eigenvalue weighted by Gasteiger charge is 2.25. The van der Waals surface area contributed by atoms with Gasteiger partial charge >= 0.3 is 7.12 Å². The molecule has 3 aromatic rings. The molecule has 0 aliphatic heterocycles. The Morgan fingerprint density at radius 1 is 1.25 bits per heavy atom. The first-order valence-corrected chi connectivity index (χ1v) is 9.34. The third-order valence-electron chi connectivity index (χ3n) is 4.48. The van der Waals surface area contributed by atoms with Crippen molar-refractivity contribution in [1.29, 1.82) is 0 Å². The van der Waals surface area contributed by atoms with E-state index in [9.17, 15) is 14.8 Å². The molecule has 1 aromatic heterocycles. The van der Waals surface area contributed by atoms with Gasteiger partial charge in [-0.3, -0.25) is 4.79 Å². The molecule has 7 nitrogen and oxygen atoms in total. The van der Waals surface area contributed by atoms with Gasteiger partial charge in [-0.2, -0.15) is 0 Å². The third-order valence-corrected chi connectivity index (χ3v) is 4.48. The maximum atomic E-state index is 12.4. The van der Waals surface area contributed by atoms with Gasteiger partial charge in [-0.25, -0.2) is 4.98 Å². The molecule has 146 valence electrons. The molecule has 0 unspecified atom stereocenters. The van der Waals surface area contributed by atoms with E-state index in [-0.39, 0.29) is 12.3 Å². The zero-order valence-electron chi connectivity index (χ0n) is 15.8. The molecule has 1 amide bonds. The highest BCUT2D eigenvalue weighted by molar-refractivity contribution is 6.43. The molecular formula is C20H24BN3O4. The third kappa shape index (κ3) is 5.12. The number of fused-ring (bicyclic) bond motifs is 1. The van der Waals surface area contributed by atoms with Crippen molar-refractivity contribution in [1.82, 2.24) is 14.9 Å². The van der Waals surface area contributed by atoms with Crippen molar-refractivity contribution in [3.05, 3.63) is 60.4 Å². The molecule has 3 rings (SSSR count). The summed E-state index contributed by atoms with van der Waals surface area (Å²) in [5, 5.41) is 22.1. The van der Waals surface area contributed by atoms with Crippen LogP contribution in [0.5, 0.6) is 5.75 Å². The summed E-state index contributed by atoms with van der Waals surface area (Å²) in [6.07, 6.45) is 2.20. The average molecular weight is 381 g/mol. The van der Waals surface area contributed by atoms with Gasteiger partial charge in [0.05, 0.1) is 29.9 Å². The van der Waals surface area contributed by atoms with Crippen LogP contribution in [0.3, 0.4) is 0 Å². The number of ether oxygens (including phenoxy) is 1. The van der Waals surface area contributed by atoms with Gasteiger partial charge in [0.1, 0.15) is 5.75 Å². The molecule has 8 heteroatoms. The summed E-state index contributed by atoms with van der Waals surface area (Å²) in [6, 6.07) is 15.1. The Bertz CT molecular complexity index is 928. The minimum Gasteiger partial charge on any atom is -0.494 e. The Labute approximate surface area is 164 Å². The van der Waals surface area contributed by atoms with E-state index in [1.165, 1.54) is 0 Å².